The van der Waals surface area contributed by atoms with E-state index in [0.717, 1.165) is 37.4 Å². The van der Waals surface area contributed by atoms with E-state index in [0.29, 0.717) is 10.6 Å². The van der Waals surface area contributed by atoms with Crippen LogP contribution >= 0.6 is 0 Å². The summed E-state index contributed by atoms with van der Waals surface area (Å²) in [7, 11) is -1.25. The second-order valence-electron chi connectivity index (χ2n) is 6.26. The molecule has 0 aliphatic carbocycles. The molecule has 5 nitrogen and oxygen atoms in total. The van der Waals surface area contributed by atoms with Gasteiger partial charge in [-0.05, 0) is 36.9 Å². The van der Waals surface area contributed by atoms with Gasteiger partial charge < -0.3 is 15.5 Å². The predicted molar refractivity (Wildman–Crippen MR) is 97.9 cm³/mol. The number of piperazine rings is 1. The van der Waals surface area contributed by atoms with Crippen LogP contribution in [0.5, 0.6) is 0 Å². The van der Waals surface area contributed by atoms with Crippen molar-refractivity contribution in [3.63, 3.8) is 0 Å². The molecule has 1 aliphatic rings. The van der Waals surface area contributed by atoms with Crippen LogP contribution in [0.25, 0.3) is 0 Å². The zero-order valence-corrected chi connectivity index (χ0v) is 14.7. The Bertz CT molecular complexity index is 798. The van der Waals surface area contributed by atoms with E-state index in [1.165, 1.54) is 0 Å². The van der Waals surface area contributed by atoms with Crippen molar-refractivity contribution in [3.8, 4) is 0 Å². The van der Waals surface area contributed by atoms with E-state index < -0.39 is 9.84 Å². The molecular weight excluding hydrogens is 322 g/mol. The normalized spacial score (nSPS) is 16.3. The number of hydrogen-bond acceptors (Lipinski definition) is 5. The molecule has 2 aromatic rings. The predicted octanol–water partition coefficient (Wildman–Crippen LogP) is 1.99. The number of rotatable bonds is 4. The monoisotopic (exact) mass is 345 g/mol. The third-order valence-corrected chi connectivity index (χ3v) is 6.10. The molecule has 24 heavy (non-hydrogen) atoms. The highest BCUT2D eigenvalue weighted by molar-refractivity contribution is 7.90. The fourth-order valence-electron chi connectivity index (χ4n) is 2.93. The molecule has 0 aromatic heterocycles. The summed E-state index contributed by atoms with van der Waals surface area (Å²) in [5, 5.41) is 0. The van der Waals surface area contributed by atoms with Crippen LogP contribution in [0.15, 0.2) is 53.4 Å². The van der Waals surface area contributed by atoms with E-state index in [-0.39, 0.29) is 5.75 Å². The second kappa shape index (κ2) is 6.83. The highest BCUT2D eigenvalue weighted by Crippen LogP contribution is 2.27. The van der Waals surface area contributed by atoms with Gasteiger partial charge in [-0.1, -0.05) is 24.3 Å². The molecule has 0 radical (unpaired) electrons. The Morgan fingerprint density at radius 2 is 1.67 bits per heavy atom. The summed E-state index contributed by atoms with van der Waals surface area (Å²) in [5.41, 5.74) is 8.52. The number of nitrogens with two attached hydrogens (primary N) is 1. The highest BCUT2D eigenvalue weighted by atomic mass is 32.2. The maximum Gasteiger partial charge on any atom is 0.182 e. The highest BCUT2D eigenvalue weighted by Gasteiger charge is 2.19. The fraction of sp³-hybridized carbons (Fsp3) is 0.333. The second-order valence-corrected chi connectivity index (χ2v) is 8.25. The number of anilines is 2. The number of sulfone groups is 1. The minimum absolute atomic E-state index is 0.0158. The molecule has 0 amide bonds. The first-order chi connectivity index (χ1) is 11.5. The van der Waals surface area contributed by atoms with E-state index in [9.17, 15) is 8.42 Å². The van der Waals surface area contributed by atoms with E-state index in [2.05, 4.69) is 16.8 Å². The Hall–Kier alpha value is -2.05. The summed E-state index contributed by atoms with van der Waals surface area (Å²) in [5.74, 6) is -0.0158. The van der Waals surface area contributed by atoms with Crippen molar-refractivity contribution in [1.29, 1.82) is 0 Å². The van der Waals surface area contributed by atoms with Crippen molar-refractivity contribution in [2.45, 2.75) is 10.6 Å². The van der Waals surface area contributed by atoms with Crippen molar-refractivity contribution in [2.24, 2.45) is 0 Å². The average molecular weight is 345 g/mol. The zero-order valence-electron chi connectivity index (χ0n) is 13.9. The molecule has 0 spiro atoms. The molecule has 2 aromatic carbocycles. The van der Waals surface area contributed by atoms with Crippen LogP contribution in [-0.2, 0) is 15.6 Å². The minimum Gasteiger partial charge on any atom is -0.397 e. The van der Waals surface area contributed by atoms with Gasteiger partial charge in [-0.3, -0.25) is 0 Å². The van der Waals surface area contributed by atoms with Crippen molar-refractivity contribution < 1.29 is 8.42 Å². The van der Waals surface area contributed by atoms with Gasteiger partial charge in [0.05, 0.1) is 22.0 Å². The zero-order chi connectivity index (χ0) is 17.2. The first-order valence-electron chi connectivity index (χ1n) is 8.05. The Morgan fingerprint density at radius 3 is 2.33 bits per heavy atom. The van der Waals surface area contributed by atoms with Crippen LogP contribution in [0.2, 0.25) is 0 Å². The number of benzene rings is 2. The molecule has 1 aliphatic heterocycles. The van der Waals surface area contributed by atoms with Crippen molar-refractivity contribution in [3.05, 3.63) is 54.1 Å². The van der Waals surface area contributed by atoms with Crippen LogP contribution in [0.3, 0.4) is 0 Å². The quantitative estimate of drug-likeness (QED) is 0.859. The van der Waals surface area contributed by atoms with Gasteiger partial charge in [0.2, 0.25) is 0 Å². The van der Waals surface area contributed by atoms with E-state index in [1.54, 1.807) is 30.3 Å². The lowest BCUT2D eigenvalue weighted by molar-refractivity contribution is 0.313. The molecule has 3 rings (SSSR count). The Labute approximate surface area is 143 Å². The van der Waals surface area contributed by atoms with Gasteiger partial charge in [-0.25, -0.2) is 8.42 Å². The molecule has 6 heteroatoms. The summed E-state index contributed by atoms with van der Waals surface area (Å²) in [6.07, 6.45) is 0. The first-order valence-corrected chi connectivity index (χ1v) is 9.71. The third-order valence-electron chi connectivity index (χ3n) is 4.40. The SMILES string of the molecule is CN1CCN(c2cc(CS(=O)(=O)c3ccccc3)ccc2N)CC1. The Morgan fingerprint density at radius 1 is 1.00 bits per heavy atom. The summed E-state index contributed by atoms with van der Waals surface area (Å²) in [4.78, 5) is 4.85. The van der Waals surface area contributed by atoms with Gasteiger partial charge in [0, 0.05) is 26.2 Å². The molecule has 2 N–H and O–H groups in total. The average Bonchev–Trinajstić information content (AvgIpc) is 2.58. The van der Waals surface area contributed by atoms with Crippen molar-refractivity contribution in [1.82, 2.24) is 4.90 Å². The molecular formula is C18H23N3O2S. The molecule has 0 atom stereocenters. The maximum absolute atomic E-state index is 12.6. The lowest BCUT2D eigenvalue weighted by Crippen LogP contribution is -2.44. The maximum atomic E-state index is 12.6. The molecule has 1 fully saturated rings. The molecule has 128 valence electrons. The van der Waals surface area contributed by atoms with E-state index >= 15 is 0 Å². The van der Waals surface area contributed by atoms with Gasteiger partial charge in [-0.15, -0.1) is 0 Å². The molecule has 1 heterocycles. The Balaban J connectivity index is 1.84. The topological polar surface area (TPSA) is 66.6 Å². The minimum atomic E-state index is -3.35. The number of nitrogen functional groups attached to an aromatic ring is 1. The largest absolute Gasteiger partial charge is 0.397 e. The summed E-state index contributed by atoms with van der Waals surface area (Å²) in [6, 6.07) is 14.1. The number of hydrogen-bond donors (Lipinski definition) is 1. The van der Waals surface area contributed by atoms with E-state index in [1.807, 2.05) is 18.2 Å². The van der Waals surface area contributed by atoms with Crippen LogP contribution in [-0.4, -0.2) is 46.5 Å². The number of likely N-dealkylation sites (N-methyl/N-ethyl adjacent to an activating group) is 1. The van der Waals surface area contributed by atoms with Gasteiger partial charge in [-0.2, -0.15) is 0 Å². The smallest absolute Gasteiger partial charge is 0.182 e. The summed E-state index contributed by atoms with van der Waals surface area (Å²) >= 11 is 0. The number of nitrogens with zero attached hydrogens (tertiary/aromatic N) is 2. The molecule has 0 bridgehead atoms. The summed E-state index contributed by atoms with van der Waals surface area (Å²) < 4.78 is 25.1. The molecule has 0 unspecified atom stereocenters. The van der Waals surface area contributed by atoms with Gasteiger partial charge >= 0.3 is 0 Å². The fourth-order valence-corrected chi connectivity index (χ4v) is 4.29. The lowest BCUT2D eigenvalue weighted by Gasteiger charge is -2.34. The lowest BCUT2D eigenvalue weighted by atomic mass is 10.1. The van der Waals surface area contributed by atoms with E-state index in [4.69, 9.17) is 5.73 Å². The van der Waals surface area contributed by atoms with Crippen LogP contribution in [0.1, 0.15) is 5.56 Å². The standard InChI is InChI=1S/C18H23N3O2S/c1-20-9-11-21(12-10-20)18-13-15(7-8-17(18)19)14-24(22,23)16-5-3-2-4-6-16/h2-8,13H,9-12,14,19H2,1H3. The third kappa shape index (κ3) is 3.71. The van der Waals surface area contributed by atoms with Crippen LogP contribution in [0.4, 0.5) is 11.4 Å². The van der Waals surface area contributed by atoms with Crippen LogP contribution in [0, 0.1) is 0 Å². The summed E-state index contributed by atoms with van der Waals surface area (Å²) in [6.45, 7) is 3.75. The van der Waals surface area contributed by atoms with Gasteiger partial charge in [0.15, 0.2) is 9.84 Å². The van der Waals surface area contributed by atoms with Gasteiger partial charge in [0.1, 0.15) is 0 Å². The first kappa shape index (κ1) is 16.8. The van der Waals surface area contributed by atoms with Crippen LogP contribution < -0.4 is 10.6 Å². The van der Waals surface area contributed by atoms with Crippen molar-refractivity contribution in [2.75, 3.05) is 43.9 Å². The molecule has 1 saturated heterocycles. The van der Waals surface area contributed by atoms with Crippen molar-refractivity contribution >= 4 is 21.2 Å². The van der Waals surface area contributed by atoms with Gasteiger partial charge in [0.25, 0.3) is 0 Å². The Kier molecular flexibility index (Phi) is 4.78. The molecule has 0 saturated carbocycles.